The Hall–Kier alpha value is -1.11. The molecular formula is C12H15FN2OP2. The molecule has 0 heterocycles. The predicted octanol–water partition coefficient (Wildman–Crippen LogP) is 1.70. The average molecular weight is 284 g/mol. The maximum Gasteiger partial charge on any atom is 0.151 e. The number of carbonyl (C=O) groups excluding carboxylic acids is 1. The zero-order valence-corrected chi connectivity index (χ0v) is 12.3. The zero-order valence-electron chi connectivity index (χ0n) is 10.0. The van der Waals surface area contributed by atoms with Crippen LogP contribution in [0.2, 0.25) is 0 Å². The summed E-state index contributed by atoms with van der Waals surface area (Å²) in [6.45, 7) is 0.447. The molecule has 0 N–H and O–H groups in total. The van der Waals surface area contributed by atoms with Crippen LogP contribution in [-0.2, 0) is 11.3 Å². The lowest BCUT2D eigenvalue weighted by molar-refractivity contribution is -0.104. The second kappa shape index (κ2) is 7.35. The summed E-state index contributed by atoms with van der Waals surface area (Å²) in [6, 6.07) is 4.76. The van der Waals surface area contributed by atoms with E-state index in [2.05, 4.69) is 23.5 Å². The Balaban J connectivity index is 2.92. The van der Waals surface area contributed by atoms with Gasteiger partial charge in [-0.3, -0.25) is 9.79 Å². The molecule has 0 aliphatic heterocycles. The van der Waals surface area contributed by atoms with E-state index < -0.39 is 0 Å². The SMILES string of the molecule is C/N=C\N(/C=C(/P)C=O)Cc1cc(F)cc(P)c1. The van der Waals surface area contributed by atoms with Gasteiger partial charge in [-0.1, -0.05) is 0 Å². The van der Waals surface area contributed by atoms with E-state index in [0.29, 0.717) is 11.9 Å². The van der Waals surface area contributed by atoms with E-state index >= 15 is 0 Å². The Morgan fingerprint density at radius 1 is 1.50 bits per heavy atom. The van der Waals surface area contributed by atoms with Crippen molar-refractivity contribution >= 4 is 36.4 Å². The monoisotopic (exact) mass is 284 g/mol. The minimum absolute atomic E-state index is 0.281. The van der Waals surface area contributed by atoms with Crippen LogP contribution in [0.4, 0.5) is 4.39 Å². The molecule has 18 heavy (non-hydrogen) atoms. The van der Waals surface area contributed by atoms with Crippen molar-refractivity contribution in [3.05, 3.63) is 41.1 Å². The van der Waals surface area contributed by atoms with E-state index in [1.54, 1.807) is 24.5 Å². The highest BCUT2D eigenvalue weighted by molar-refractivity contribution is 7.27. The van der Waals surface area contributed by atoms with Gasteiger partial charge in [0.25, 0.3) is 0 Å². The van der Waals surface area contributed by atoms with E-state index in [9.17, 15) is 9.18 Å². The first-order chi connectivity index (χ1) is 8.55. The summed E-state index contributed by atoms with van der Waals surface area (Å²) in [5.41, 5.74) is 0.805. The third kappa shape index (κ3) is 5.03. The molecule has 3 nitrogen and oxygen atoms in total. The Morgan fingerprint density at radius 2 is 2.22 bits per heavy atom. The van der Waals surface area contributed by atoms with Crippen molar-refractivity contribution in [2.75, 3.05) is 7.05 Å². The number of benzene rings is 1. The maximum absolute atomic E-state index is 13.3. The second-order valence-electron chi connectivity index (χ2n) is 3.69. The fraction of sp³-hybridized carbons (Fsp3) is 0.167. The number of aldehydes is 1. The van der Waals surface area contributed by atoms with Crippen LogP contribution in [0.25, 0.3) is 0 Å². The van der Waals surface area contributed by atoms with Crippen molar-refractivity contribution in [1.82, 2.24) is 4.90 Å². The number of halogens is 1. The van der Waals surface area contributed by atoms with Gasteiger partial charge in [0.15, 0.2) is 6.29 Å². The summed E-state index contributed by atoms with van der Waals surface area (Å²) in [4.78, 5) is 16.2. The number of allylic oxidation sites excluding steroid dienone is 1. The molecule has 0 saturated heterocycles. The van der Waals surface area contributed by atoms with Crippen LogP contribution in [0.1, 0.15) is 5.56 Å². The summed E-state index contributed by atoms with van der Waals surface area (Å²) in [6.07, 6.45) is 3.95. The van der Waals surface area contributed by atoms with Gasteiger partial charge in [0, 0.05) is 25.1 Å². The van der Waals surface area contributed by atoms with Gasteiger partial charge in [-0.2, -0.15) is 0 Å². The standard InChI is InChI=1S/C12H15FN2OP2/c1-14-8-15(6-12(18)7-16)5-9-2-10(13)4-11(17)3-9/h2-4,6-8H,5,17-18H2,1H3/b12-6+,14-8-. The number of rotatable bonds is 5. The molecular weight excluding hydrogens is 269 g/mol. The van der Waals surface area contributed by atoms with E-state index in [-0.39, 0.29) is 5.82 Å². The molecule has 0 spiro atoms. The highest BCUT2D eigenvalue weighted by Crippen LogP contribution is 2.10. The van der Waals surface area contributed by atoms with Crippen LogP contribution in [0.3, 0.4) is 0 Å². The molecule has 0 saturated carbocycles. The van der Waals surface area contributed by atoms with Crippen molar-refractivity contribution < 1.29 is 9.18 Å². The van der Waals surface area contributed by atoms with Gasteiger partial charge in [-0.15, -0.1) is 18.5 Å². The Morgan fingerprint density at radius 3 is 2.78 bits per heavy atom. The molecule has 0 aliphatic rings. The van der Waals surface area contributed by atoms with E-state index in [1.165, 1.54) is 12.1 Å². The molecule has 0 amide bonds. The summed E-state index contributed by atoms with van der Waals surface area (Å²) in [5, 5.41) is 1.28. The molecule has 6 heteroatoms. The van der Waals surface area contributed by atoms with Gasteiger partial charge in [0.05, 0.1) is 6.34 Å². The van der Waals surface area contributed by atoms with Gasteiger partial charge in [0.2, 0.25) is 0 Å². The minimum atomic E-state index is -0.281. The highest BCUT2D eigenvalue weighted by atomic mass is 31.0. The maximum atomic E-state index is 13.3. The van der Waals surface area contributed by atoms with E-state index in [1.807, 2.05) is 6.07 Å². The lowest BCUT2D eigenvalue weighted by Gasteiger charge is -2.15. The lowest BCUT2D eigenvalue weighted by atomic mass is 10.2. The van der Waals surface area contributed by atoms with Gasteiger partial charge < -0.3 is 4.90 Å². The highest BCUT2D eigenvalue weighted by Gasteiger charge is 2.03. The Kier molecular flexibility index (Phi) is 6.11. The summed E-state index contributed by atoms with van der Waals surface area (Å²) < 4.78 is 13.3. The minimum Gasteiger partial charge on any atom is -0.334 e. The summed E-state index contributed by atoms with van der Waals surface area (Å²) in [7, 11) is 6.42. The van der Waals surface area contributed by atoms with Gasteiger partial charge >= 0.3 is 0 Å². The average Bonchev–Trinajstić information content (AvgIpc) is 2.27. The molecule has 2 atom stereocenters. The number of hydrogen-bond donors (Lipinski definition) is 0. The molecule has 2 unspecified atom stereocenters. The fourth-order valence-electron chi connectivity index (χ4n) is 1.47. The third-order valence-corrected chi connectivity index (χ3v) is 2.68. The van der Waals surface area contributed by atoms with Crippen LogP contribution in [0, 0.1) is 5.82 Å². The summed E-state index contributed by atoms with van der Waals surface area (Å²) >= 11 is 0. The number of nitrogens with zero attached hydrogens (tertiary/aromatic N) is 2. The van der Waals surface area contributed by atoms with Gasteiger partial charge in [-0.05, 0) is 29.1 Å². The first-order valence-corrected chi connectivity index (χ1v) is 6.36. The van der Waals surface area contributed by atoms with Crippen LogP contribution in [-0.4, -0.2) is 24.6 Å². The van der Waals surface area contributed by atoms with Crippen molar-refractivity contribution in [2.45, 2.75) is 6.54 Å². The third-order valence-electron chi connectivity index (χ3n) is 2.06. The predicted molar refractivity (Wildman–Crippen MR) is 79.6 cm³/mol. The van der Waals surface area contributed by atoms with E-state index in [0.717, 1.165) is 17.2 Å². The van der Waals surface area contributed by atoms with Crippen LogP contribution in [0.5, 0.6) is 0 Å². The van der Waals surface area contributed by atoms with Gasteiger partial charge in [-0.25, -0.2) is 4.39 Å². The zero-order chi connectivity index (χ0) is 13.5. The van der Waals surface area contributed by atoms with Crippen molar-refractivity contribution in [2.24, 2.45) is 4.99 Å². The largest absolute Gasteiger partial charge is 0.334 e. The van der Waals surface area contributed by atoms with Crippen molar-refractivity contribution in [1.29, 1.82) is 0 Å². The normalized spacial score (nSPS) is 11.9. The summed E-state index contributed by atoms with van der Waals surface area (Å²) in [5.74, 6) is -0.281. The topological polar surface area (TPSA) is 32.7 Å². The molecule has 0 fully saturated rings. The van der Waals surface area contributed by atoms with Crippen molar-refractivity contribution in [3.8, 4) is 0 Å². The number of hydrogen-bond acceptors (Lipinski definition) is 2. The molecule has 1 aromatic rings. The van der Waals surface area contributed by atoms with Gasteiger partial charge in [0.1, 0.15) is 5.82 Å². The van der Waals surface area contributed by atoms with E-state index in [4.69, 9.17) is 0 Å². The first kappa shape index (κ1) is 14.9. The van der Waals surface area contributed by atoms with Crippen LogP contribution in [0.15, 0.2) is 34.7 Å². The number of aliphatic imine (C=N–C) groups is 1. The smallest absolute Gasteiger partial charge is 0.151 e. The fourth-order valence-corrected chi connectivity index (χ4v) is 2.03. The molecule has 96 valence electrons. The van der Waals surface area contributed by atoms with Crippen LogP contribution < -0.4 is 5.30 Å². The van der Waals surface area contributed by atoms with Crippen LogP contribution >= 0.6 is 18.5 Å². The molecule has 0 aliphatic carbocycles. The first-order valence-electron chi connectivity index (χ1n) is 5.20. The Bertz CT molecular complexity index is 469. The lowest BCUT2D eigenvalue weighted by Crippen LogP contribution is -2.16. The molecule has 1 rings (SSSR count). The van der Waals surface area contributed by atoms with Crippen molar-refractivity contribution in [3.63, 3.8) is 0 Å². The Labute approximate surface area is 111 Å². The quantitative estimate of drug-likeness (QED) is 0.271. The molecule has 1 aromatic carbocycles. The molecule has 0 aromatic heterocycles. The molecule has 0 radical (unpaired) electrons. The molecule has 0 bridgehead atoms. The second-order valence-corrected chi connectivity index (χ2v) is 5.02. The number of carbonyl (C=O) groups is 1.